The molecule has 2 aromatic rings. The van der Waals surface area contributed by atoms with Crippen molar-refractivity contribution in [3.8, 4) is 0 Å². The SMILES string of the molecule is Cc1cc(C)cc(NC(=S)NC(=NCCN2CCOCC2)Nc2nc(C)cc(C)n2)c1. The lowest BCUT2D eigenvalue weighted by Gasteiger charge is -2.25. The van der Waals surface area contributed by atoms with Gasteiger partial charge >= 0.3 is 0 Å². The lowest BCUT2D eigenvalue weighted by atomic mass is 10.1. The lowest BCUT2D eigenvalue weighted by Crippen LogP contribution is -2.41. The highest BCUT2D eigenvalue weighted by atomic mass is 32.1. The van der Waals surface area contributed by atoms with Crippen LogP contribution in [0.5, 0.6) is 0 Å². The highest BCUT2D eigenvalue weighted by Gasteiger charge is 2.11. The van der Waals surface area contributed by atoms with Crippen LogP contribution in [-0.2, 0) is 4.74 Å². The van der Waals surface area contributed by atoms with Crippen molar-refractivity contribution < 1.29 is 4.74 Å². The molecule has 2 heterocycles. The highest BCUT2D eigenvalue weighted by Crippen LogP contribution is 2.13. The van der Waals surface area contributed by atoms with Gasteiger partial charge in [-0.05, 0) is 69.2 Å². The minimum absolute atomic E-state index is 0.451. The number of morpholine rings is 1. The van der Waals surface area contributed by atoms with Gasteiger partial charge in [0, 0.05) is 36.7 Å². The molecular weight excluding hydrogens is 410 g/mol. The second-order valence-electron chi connectivity index (χ2n) is 7.74. The van der Waals surface area contributed by atoms with E-state index in [4.69, 9.17) is 21.9 Å². The van der Waals surface area contributed by atoms with Crippen molar-refractivity contribution in [1.29, 1.82) is 0 Å². The van der Waals surface area contributed by atoms with Gasteiger partial charge in [-0.2, -0.15) is 0 Å². The lowest BCUT2D eigenvalue weighted by molar-refractivity contribution is 0.0394. The van der Waals surface area contributed by atoms with Gasteiger partial charge in [0.1, 0.15) is 0 Å². The molecule has 31 heavy (non-hydrogen) atoms. The molecule has 3 rings (SSSR count). The standard InChI is InChI=1S/C22H31N7OS/c1-15-11-16(2)13-19(12-15)26-22(31)28-20(23-5-6-29-7-9-30-10-8-29)27-21-24-17(3)14-18(4)25-21/h11-14H,5-10H2,1-4H3,(H3,23,24,25,26,27,28,31). The first-order valence-electron chi connectivity index (χ1n) is 10.5. The molecule has 1 aliphatic heterocycles. The fraction of sp³-hybridized carbons (Fsp3) is 0.455. The number of nitrogens with zero attached hydrogens (tertiary/aromatic N) is 4. The van der Waals surface area contributed by atoms with E-state index in [1.165, 1.54) is 11.1 Å². The average Bonchev–Trinajstić information content (AvgIpc) is 2.67. The third-order valence-corrected chi connectivity index (χ3v) is 4.92. The summed E-state index contributed by atoms with van der Waals surface area (Å²) in [7, 11) is 0. The van der Waals surface area contributed by atoms with Gasteiger partial charge in [-0.15, -0.1) is 0 Å². The number of rotatable bonds is 5. The zero-order chi connectivity index (χ0) is 22.2. The van der Waals surface area contributed by atoms with Crippen LogP contribution in [0, 0.1) is 27.7 Å². The van der Waals surface area contributed by atoms with Gasteiger partial charge in [-0.25, -0.2) is 9.97 Å². The molecule has 1 aromatic heterocycles. The predicted molar refractivity (Wildman–Crippen MR) is 130 cm³/mol. The number of hydrogen-bond donors (Lipinski definition) is 3. The second kappa shape index (κ2) is 11.1. The Morgan fingerprint density at radius 3 is 2.29 bits per heavy atom. The van der Waals surface area contributed by atoms with E-state index in [9.17, 15) is 0 Å². The Kier molecular flexibility index (Phi) is 8.27. The molecular formula is C22H31N7OS. The Morgan fingerprint density at radius 2 is 1.65 bits per heavy atom. The molecule has 0 bridgehead atoms. The predicted octanol–water partition coefficient (Wildman–Crippen LogP) is 2.80. The molecule has 0 saturated carbocycles. The minimum Gasteiger partial charge on any atom is -0.379 e. The topological polar surface area (TPSA) is 86.7 Å². The summed E-state index contributed by atoms with van der Waals surface area (Å²) in [4.78, 5) is 15.9. The smallest absolute Gasteiger partial charge is 0.229 e. The first kappa shape index (κ1) is 23.1. The largest absolute Gasteiger partial charge is 0.379 e. The van der Waals surface area contributed by atoms with Gasteiger partial charge < -0.3 is 15.4 Å². The molecule has 1 saturated heterocycles. The summed E-state index contributed by atoms with van der Waals surface area (Å²) in [5.41, 5.74) is 5.06. The molecule has 3 N–H and O–H groups in total. The number of aryl methyl sites for hydroxylation is 4. The number of aromatic nitrogens is 2. The number of guanidine groups is 1. The van der Waals surface area contributed by atoms with Crippen LogP contribution in [0.4, 0.5) is 11.6 Å². The normalized spacial score (nSPS) is 14.9. The summed E-state index contributed by atoms with van der Waals surface area (Å²) >= 11 is 5.53. The molecule has 166 valence electrons. The molecule has 8 nitrogen and oxygen atoms in total. The number of thiocarbonyl (C=S) groups is 1. The zero-order valence-electron chi connectivity index (χ0n) is 18.7. The van der Waals surface area contributed by atoms with E-state index in [1.54, 1.807) is 0 Å². The number of nitrogens with one attached hydrogen (secondary N) is 3. The molecule has 0 spiro atoms. The fourth-order valence-electron chi connectivity index (χ4n) is 3.44. The Hall–Kier alpha value is -2.62. The first-order chi connectivity index (χ1) is 14.9. The van der Waals surface area contributed by atoms with Crippen molar-refractivity contribution >= 4 is 34.9 Å². The van der Waals surface area contributed by atoms with E-state index in [-0.39, 0.29) is 0 Å². The van der Waals surface area contributed by atoms with Crippen molar-refractivity contribution in [2.24, 2.45) is 4.99 Å². The van der Waals surface area contributed by atoms with Gasteiger partial charge in [0.15, 0.2) is 5.11 Å². The highest BCUT2D eigenvalue weighted by molar-refractivity contribution is 7.80. The van der Waals surface area contributed by atoms with E-state index < -0.39 is 0 Å². The van der Waals surface area contributed by atoms with Crippen LogP contribution in [0.1, 0.15) is 22.5 Å². The van der Waals surface area contributed by atoms with Gasteiger partial charge in [-0.1, -0.05) is 6.07 Å². The van der Waals surface area contributed by atoms with E-state index in [0.717, 1.165) is 49.9 Å². The first-order valence-corrected chi connectivity index (χ1v) is 10.9. The molecule has 0 atom stereocenters. The summed E-state index contributed by atoms with van der Waals surface area (Å²) < 4.78 is 5.41. The molecule has 0 unspecified atom stereocenters. The summed E-state index contributed by atoms with van der Waals surface area (Å²) in [6.45, 7) is 12.9. The van der Waals surface area contributed by atoms with Crippen molar-refractivity contribution in [3.63, 3.8) is 0 Å². The summed E-state index contributed by atoms with van der Waals surface area (Å²) in [6, 6.07) is 8.16. The fourth-order valence-corrected chi connectivity index (χ4v) is 3.66. The van der Waals surface area contributed by atoms with Crippen LogP contribution in [0.3, 0.4) is 0 Å². The van der Waals surface area contributed by atoms with Crippen molar-refractivity contribution in [1.82, 2.24) is 20.2 Å². The maximum Gasteiger partial charge on any atom is 0.229 e. The molecule has 1 fully saturated rings. The van der Waals surface area contributed by atoms with Gasteiger partial charge in [0.2, 0.25) is 11.9 Å². The molecule has 1 aliphatic rings. The third-order valence-electron chi connectivity index (χ3n) is 4.71. The van der Waals surface area contributed by atoms with Crippen LogP contribution in [0.15, 0.2) is 29.3 Å². The van der Waals surface area contributed by atoms with Crippen molar-refractivity contribution in [2.75, 3.05) is 50.0 Å². The van der Waals surface area contributed by atoms with Crippen molar-refractivity contribution in [2.45, 2.75) is 27.7 Å². The number of hydrogen-bond acceptors (Lipinski definition) is 6. The van der Waals surface area contributed by atoms with Crippen molar-refractivity contribution in [3.05, 3.63) is 46.8 Å². The van der Waals surface area contributed by atoms with Gasteiger partial charge in [0.05, 0.1) is 19.8 Å². The number of aliphatic imine (C=N–C) groups is 1. The van der Waals surface area contributed by atoms with Crippen LogP contribution in [-0.4, -0.2) is 65.3 Å². The quantitative estimate of drug-likeness (QED) is 0.371. The second-order valence-corrected chi connectivity index (χ2v) is 8.15. The molecule has 1 aromatic carbocycles. The Bertz CT molecular complexity index is 901. The van der Waals surface area contributed by atoms with Crippen LogP contribution < -0.4 is 16.0 Å². The summed E-state index contributed by atoms with van der Waals surface area (Å²) in [5.74, 6) is 1.00. The van der Waals surface area contributed by atoms with E-state index in [0.29, 0.717) is 23.6 Å². The van der Waals surface area contributed by atoms with Crippen LogP contribution >= 0.6 is 12.2 Å². The van der Waals surface area contributed by atoms with E-state index >= 15 is 0 Å². The summed E-state index contributed by atoms with van der Waals surface area (Å²) in [5, 5.41) is 10.0. The van der Waals surface area contributed by atoms with Gasteiger partial charge in [0.25, 0.3) is 0 Å². The average molecular weight is 442 g/mol. The Morgan fingerprint density at radius 1 is 1.00 bits per heavy atom. The number of ether oxygens (including phenoxy) is 1. The minimum atomic E-state index is 0.451. The Labute approximate surface area is 189 Å². The molecule has 0 radical (unpaired) electrons. The number of benzene rings is 1. The summed E-state index contributed by atoms with van der Waals surface area (Å²) in [6.07, 6.45) is 0. The van der Waals surface area contributed by atoms with E-state index in [1.807, 2.05) is 19.9 Å². The van der Waals surface area contributed by atoms with Gasteiger partial charge in [-0.3, -0.25) is 15.2 Å². The molecule has 0 amide bonds. The van der Waals surface area contributed by atoms with Crippen LogP contribution in [0.2, 0.25) is 0 Å². The maximum atomic E-state index is 5.53. The zero-order valence-corrected chi connectivity index (χ0v) is 19.5. The molecule has 9 heteroatoms. The van der Waals surface area contributed by atoms with E-state index in [2.05, 4.69) is 62.9 Å². The van der Waals surface area contributed by atoms with Crippen LogP contribution in [0.25, 0.3) is 0 Å². The third kappa shape index (κ3) is 7.86. The maximum absolute atomic E-state index is 5.53. The molecule has 0 aliphatic carbocycles. The monoisotopic (exact) mass is 441 g/mol. The Balaban J connectivity index is 1.68. The number of anilines is 2.